The Hall–Kier alpha value is -2.03. The Morgan fingerprint density at radius 3 is 3.06 bits per heavy atom. The Bertz CT molecular complexity index is 570. The van der Waals surface area contributed by atoms with E-state index in [4.69, 9.17) is 4.74 Å². The second kappa shape index (κ2) is 4.69. The number of hydrogen-bond donors (Lipinski definition) is 1. The number of allylic oxidation sites excluding steroid dienone is 1. The summed E-state index contributed by atoms with van der Waals surface area (Å²) in [5, 5.41) is 0. The van der Waals surface area contributed by atoms with E-state index in [1.807, 2.05) is 12.3 Å². The molecule has 1 heterocycles. The Kier molecular flexibility index (Phi) is 2.89. The number of imidazole rings is 1. The highest BCUT2D eigenvalue weighted by molar-refractivity contribution is 5.61. The van der Waals surface area contributed by atoms with E-state index in [1.165, 1.54) is 16.7 Å². The molecule has 3 nitrogen and oxygen atoms in total. The topological polar surface area (TPSA) is 37.9 Å². The van der Waals surface area contributed by atoms with Crippen LogP contribution in [0.2, 0.25) is 0 Å². The lowest BCUT2D eigenvalue weighted by atomic mass is 9.90. The molecule has 0 atom stereocenters. The first kappa shape index (κ1) is 11.1. The molecule has 0 spiro atoms. The molecule has 2 aromatic rings. The number of hydrogen-bond acceptors (Lipinski definition) is 2. The number of rotatable bonds is 3. The van der Waals surface area contributed by atoms with Gasteiger partial charge in [-0.25, -0.2) is 4.98 Å². The van der Waals surface area contributed by atoms with Crippen LogP contribution in [-0.2, 0) is 12.8 Å². The standard InChI is InChI=1S/C15H16N2O/c1-18-15-5-4-12-3-2-11(6-13(12)8-15)7-14-9-16-10-17-14/h4-6,8-10H,2-3,7H2,1H3,(H,16,17). The van der Waals surface area contributed by atoms with E-state index in [2.05, 4.69) is 28.2 Å². The predicted octanol–water partition coefficient (Wildman–Crippen LogP) is 2.99. The fourth-order valence-corrected chi connectivity index (χ4v) is 2.41. The molecule has 3 rings (SSSR count). The first-order valence-corrected chi connectivity index (χ1v) is 6.19. The number of aryl methyl sites for hydroxylation is 1. The third-order valence-corrected chi connectivity index (χ3v) is 3.39. The Morgan fingerprint density at radius 1 is 1.33 bits per heavy atom. The zero-order valence-corrected chi connectivity index (χ0v) is 10.4. The molecule has 1 aliphatic rings. The third kappa shape index (κ3) is 2.16. The lowest BCUT2D eigenvalue weighted by molar-refractivity contribution is 0.414. The number of aromatic nitrogens is 2. The number of fused-ring (bicyclic) bond motifs is 1. The predicted molar refractivity (Wildman–Crippen MR) is 71.6 cm³/mol. The van der Waals surface area contributed by atoms with Gasteiger partial charge in [-0.3, -0.25) is 0 Å². The number of nitrogens with zero attached hydrogens (tertiary/aromatic N) is 1. The van der Waals surface area contributed by atoms with Crippen molar-refractivity contribution in [1.82, 2.24) is 9.97 Å². The van der Waals surface area contributed by atoms with Crippen LogP contribution in [0.5, 0.6) is 5.75 Å². The summed E-state index contributed by atoms with van der Waals surface area (Å²) in [7, 11) is 1.71. The van der Waals surface area contributed by atoms with Crippen LogP contribution in [0, 0.1) is 0 Å². The largest absolute Gasteiger partial charge is 0.497 e. The summed E-state index contributed by atoms with van der Waals surface area (Å²) in [6.07, 6.45) is 9.12. The molecule has 0 fully saturated rings. The van der Waals surface area contributed by atoms with Crippen molar-refractivity contribution in [1.29, 1.82) is 0 Å². The van der Waals surface area contributed by atoms with Gasteiger partial charge in [0.05, 0.1) is 19.1 Å². The summed E-state index contributed by atoms with van der Waals surface area (Å²) in [5.41, 5.74) is 5.23. The van der Waals surface area contributed by atoms with Crippen LogP contribution in [0.3, 0.4) is 0 Å². The van der Waals surface area contributed by atoms with Crippen molar-refractivity contribution in [3.63, 3.8) is 0 Å². The van der Waals surface area contributed by atoms with Crippen LogP contribution in [-0.4, -0.2) is 17.1 Å². The minimum atomic E-state index is 0.922. The molecule has 0 aliphatic heterocycles. The van der Waals surface area contributed by atoms with Crippen molar-refractivity contribution in [2.45, 2.75) is 19.3 Å². The van der Waals surface area contributed by atoms with Gasteiger partial charge in [-0.2, -0.15) is 0 Å². The fourth-order valence-electron chi connectivity index (χ4n) is 2.41. The molecule has 1 aromatic carbocycles. The van der Waals surface area contributed by atoms with Crippen LogP contribution in [0.4, 0.5) is 0 Å². The Labute approximate surface area is 107 Å². The molecule has 0 unspecified atom stereocenters. The van der Waals surface area contributed by atoms with Gasteiger partial charge in [0.25, 0.3) is 0 Å². The van der Waals surface area contributed by atoms with E-state index < -0.39 is 0 Å². The van der Waals surface area contributed by atoms with Gasteiger partial charge in [0.2, 0.25) is 0 Å². The van der Waals surface area contributed by atoms with Gasteiger partial charge in [0.1, 0.15) is 5.75 Å². The fraction of sp³-hybridized carbons (Fsp3) is 0.267. The molecular weight excluding hydrogens is 224 g/mol. The lowest BCUT2D eigenvalue weighted by Gasteiger charge is -2.16. The highest BCUT2D eigenvalue weighted by Gasteiger charge is 2.12. The SMILES string of the molecule is COc1ccc2c(c1)C=C(Cc1c[nH]cn1)CC2. The van der Waals surface area contributed by atoms with E-state index >= 15 is 0 Å². The number of aromatic amines is 1. The summed E-state index contributed by atoms with van der Waals surface area (Å²) in [6.45, 7) is 0. The van der Waals surface area contributed by atoms with Crippen molar-refractivity contribution in [2.75, 3.05) is 7.11 Å². The summed E-state index contributed by atoms with van der Waals surface area (Å²) in [5.74, 6) is 0.922. The summed E-state index contributed by atoms with van der Waals surface area (Å²) in [6, 6.07) is 6.31. The average molecular weight is 240 g/mol. The monoisotopic (exact) mass is 240 g/mol. The van der Waals surface area contributed by atoms with Crippen LogP contribution in [0.1, 0.15) is 23.2 Å². The van der Waals surface area contributed by atoms with Crippen molar-refractivity contribution in [3.8, 4) is 5.75 Å². The summed E-state index contributed by atoms with van der Waals surface area (Å²) in [4.78, 5) is 7.28. The molecule has 3 heteroatoms. The second-order valence-corrected chi connectivity index (χ2v) is 4.60. The smallest absolute Gasteiger partial charge is 0.119 e. The van der Waals surface area contributed by atoms with Crippen molar-refractivity contribution >= 4 is 6.08 Å². The Balaban J connectivity index is 1.87. The Morgan fingerprint density at radius 2 is 2.28 bits per heavy atom. The zero-order valence-electron chi connectivity index (χ0n) is 10.4. The molecule has 18 heavy (non-hydrogen) atoms. The van der Waals surface area contributed by atoms with E-state index in [-0.39, 0.29) is 0 Å². The van der Waals surface area contributed by atoms with E-state index in [0.29, 0.717) is 0 Å². The van der Waals surface area contributed by atoms with Gasteiger partial charge in [0, 0.05) is 12.6 Å². The van der Waals surface area contributed by atoms with E-state index in [1.54, 1.807) is 13.4 Å². The van der Waals surface area contributed by atoms with Crippen LogP contribution in [0.15, 0.2) is 36.3 Å². The molecular formula is C15H16N2O. The number of benzene rings is 1. The number of methoxy groups -OCH3 is 1. The minimum Gasteiger partial charge on any atom is -0.497 e. The van der Waals surface area contributed by atoms with Crippen LogP contribution >= 0.6 is 0 Å². The first-order chi connectivity index (χ1) is 8.85. The summed E-state index contributed by atoms with van der Waals surface area (Å²) < 4.78 is 5.27. The van der Waals surface area contributed by atoms with Crippen molar-refractivity contribution in [2.24, 2.45) is 0 Å². The molecule has 1 N–H and O–H groups in total. The van der Waals surface area contributed by atoms with Crippen molar-refractivity contribution < 1.29 is 4.74 Å². The van der Waals surface area contributed by atoms with Crippen LogP contribution in [0.25, 0.3) is 6.08 Å². The lowest BCUT2D eigenvalue weighted by Crippen LogP contribution is -2.02. The van der Waals surface area contributed by atoms with Gasteiger partial charge < -0.3 is 9.72 Å². The molecule has 92 valence electrons. The van der Waals surface area contributed by atoms with Crippen LogP contribution < -0.4 is 4.74 Å². The van der Waals surface area contributed by atoms with Gasteiger partial charge >= 0.3 is 0 Å². The molecule has 0 saturated carbocycles. The molecule has 0 amide bonds. The maximum Gasteiger partial charge on any atom is 0.119 e. The molecule has 1 aromatic heterocycles. The third-order valence-electron chi connectivity index (χ3n) is 3.39. The van der Waals surface area contributed by atoms with Gasteiger partial charge in [-0.1, -0.05) is 17.7 Å². The number of ether oxygens (including phenoxy) is 1. The number of nitrogens with one attached hydrogen (secondary N) is 1. The molecule has 0 saturated heterocycles. The maximum absolute atomic E-state index is 5.27. The zero-order chi connectivity index (χ0) is 12.4. The van der Waals surface area contributed by atoms with E-state index in [0.717, 1.165) is 30.7 Å². The first-order valence-electron chi connectivity index (χ1n) is 6.19. The quantitative estimate of drug-likeness (QED) is 0.895. The summed E-state index contributed by atoms with van der Waals surface area (Å²) >= 11 is 0. The molecule has 0 bridgehead atoms. The molecule has 0 radical (unpaired) electrons. The maximum atomic E-state index is 5.27. The average Bonchev–Trinajstić information content (AvgIpc) is 2.90. The molecule has 1 aliphatic carbocycles. The highest BCUT2D eigenvalue weighted by atomic mass is 16.5. The van der Waals surface area contributed by atoms with E-state index in [9.17, 15) is 0 Å². The second-order valence-electron chi connectivity index (χ2n) is 4.60. The normalized spacial score (nSPS) is 13.9. The highest BCUT2D eigenvalue weighted by Crippen LogP contribution is 2.28. The van der Waals surface area contributed by atoms with Crippen molar-refractivity contribution in [3.05, 3.63) is 53.1 Å². The van der Waals surface area contributed by atoms with Gasteiger partial charge in [-0.05, 0) is 36.1 Å². The van der Waals surface area contributed by atoms with Gasteiger partial charge in [-0.15, -0.1) is 0 Å². The van der Waals surface area contributed by atoms with Gasteiger partial charge in [0.15, 0.2) is 0 Å². The minimum absolute atomic E-state index is 0.922. The number of H-pyrrole nitrogens is 1.